The van der Waals surface area contributed by atoms with Crippen LogP contribution in [-0.4, -0.2) is 29.4 Å². The van der Waals surface area contributed by atoms with Crippen molar-refractivity contribution in [1.82, 2.24) is 4.90 Å². The smallest absolute Gasteiger partial charge is 0.315 e. The first kappa shape index (κ1) is 16.2. The normalized spacial score (nSPS) is 12.1. The van der Waals surface area contributed by atoms with Gasteiger partial charge in [0.25, 0.3) is 0 Å². The Labute approximate surface area is 120 Å². The Morgan fingerprint density at radius 1 is 1.15 bits per heavy atom. The molecule has 0 unspecified atom stereocenters. The van der Waals surface area contributed by atoms with Crippen molar-refractivity contribution in [2.75, 3.05) is 6.61 Å². The fourth-order valence-electron chi connectivity index (χ4n) is 2.27. The van der Waals surface area contributed by atoms with Gasteiger partial charge in [0.05, 0.1) is 12.6 Å². The summed E-state index contributed by atoms with van der Waals surface area (Å²) < 4.78 is 4.84. The van der Waals surface area contributed by atoms with Crippen LogP contribution in [0.3, 0.4) is 0 Å². The molecule has 4 nitrogen and oxygen atoms in total. The van der Waals surface area contributed by atoms with Crippen LogP contribution in [0.15, 0.2) is 30.3 Å². The Morgan fingerprint density at radius 2 is 1.75 bits per heavy atom. The lowest BCUT2D eigenvalue weighted by Gasteiger charge is -2.33. The van der Waals surface area contributed by atoms with Gasteiger partial charge < -0.3 is 9.64 Å². The average molecular weight is 277 g/mol. The Morgan fingerprint density at radius 3 is 2.25 bits per heavy atom. The maximum absolute atomic E-state index is 12.3. The number of carbonyl (C=O) groups is 2. The molecule has 20 heavy (non-hydrogen) atoms. The molecule has 0 radical (unpaired) electrons. The molecule has 0 saturated heterocycles. The molecule has 1 aromatic carbocycles. The number of ether oxygens (including phenoxy) is 1. The van der Waals surface area contributed by atoms with Crippen LogP contribution in [0.1, 0.15) is 45.7 Å². The molecule has 0 fully saturated rings. The van der Waals surface area contributed by atoms with Crippen molar-refractivity contribution >= 4 is 11.9 Å². The lowest BCUT2D eigenvalue weighted by Crippen LogP contribution is -2.40. The lowest BCUT2D eigenvalue weighted by molar-refractivity contribution is -0.150. The molecule has 1 rings (SSSR count). The van der Waals surface area contributed by atoms with Crippen molar-refractivity contribution in [2.24, 2.45) is 0 Å². The van der Waals surface area contributed by atoms with E-state index in [1.54, 1.807) is 11.8 Å². The van der Waals surface area contributed by atoms with Gasteiger partial charge >= 0.3 is 5.97 Å². The van der Waals surface area contributed by atoms with Gasteiger partial charge in [-0.25, -0.2) is 0 Å². The number of carbonyl (C=O) groups excluding carboxylic acids is 2. The summed E-state index contributed by atoms with van der Waals surface area (Å²) in [7, 11) is 0. The van der Waals surface area contributed by atoms with Crippen LogP contribution in [-0.2, 0) is 14.3 Å². The van der Waals surface area contributed by atoms with Gasteiger partial charge in [-0.05, 0) is 33.3 Å². The van der Waals surface area contributed by atoms with Gasteiger partial charge in [-0.3, -0.25) is 9.59 Å². The third-order valence-electron chi connectivity index (χ3n) is 3.14. The second-order valence-corrected chi connectivity index (χ2v) is 4.96. The molecule has 1 amide bonds. The fraction of sp³-hybridized carbons (Fsp3) is 0.500. The van der Waals surface area contributed by atoms with Crippen LogP contribution in [0.4, 0.5) is 0 Å². The number of amides is 1. The van der Waals surface area contributed by atoms with Gasteiger partial charge in [-0.1, -0.05) is 30.3 Å². The van der Waals surface area contributed by atoms with E-state index in [1.807, 2.05) is 51.1 Å². The van der Waals surface area contributed by atoms with Crippen molar-refractivity contribution < 1.29 is 14.3 Å². The van der Waals surface area contributed by atoms with E-state index in [4.69, 9.17) is 4.74 Å². The van der Waals surface area contributed by atoms with Gasteiger partial charge in [0.1, 0.15) is 6.42 Å². The minimum absolute atomic E-state index is 0.0205. The van der Waals surface area contributed by atoms with Crippen molar-refractivity contribution in [1.29, 1.82) is 0 Å². The summed E-state index contributed by atoms with van der Waals surface area (Å²) in [5.41, 5.74) is 1.05. The summed E-state index contributed by atoms with van der Waals surface area (Å²) in [4.78, 5) is 25.5. The van der Waals surface area contributed by atoms with E-state index in [0.717, 1.165) is 5.56 Å². The van der Waals surface area contributed by atoms with Crippen molar-refractivity contribution in [2.45, 2.75) is 46.2 Å². The summed E-state index contributed by atoms with van der Waals surface area (Å²) >= 11 is 0. The molecule has 110 valence electrons. The summed E-state index contributed by atoms with van der Waals surface area (Å²) in [5, 5.41) is 0. The number of nitrogens with zero attached hydrogens (tertiary/aromatic N) is 1. The molecule has 0 saturated carbocycles. The molecule has 0 bridgehead atoms. The quantitative estimate of drug-likeness (QED) is 0.593. The maximum Gasteiger partial charge on any atom is 0.315 e. The Balaban J connectivity index is 2.83. The third-order valence-corrected chi connectivity index (χ3v) is 3.14. The lowest BCUT2D eigenvalue weighted by atomic mass is 10.0. The molecule has 0 aliphatic rings. The minimum atomic E-state index is -0.469. The van der Waals surface area contributed by atoms with Crippen LogP contribution in [0.25, 0.3) is 0 Å². The zero-order valence-corrected chi connectivity index (χ0v) is 12.6. The largest absolute Gasteiger partial charge is 0.466 e. The monoisotopic (exact) mass is 277 g/mol. The van der Waals surface area contributed by atoms with Crippen molar-refractivity contribution in [3.8, 4) is 0 Å². The second kappa shape index (κ2) is 7.68. The topological polar surface area (TPSA) is 46.6 Å². The SMILES string of the molecule is CCOC(=O)CC(=O)N(C(C)C)[C@@H](C)c1ccccc1. The zero-order valence-electron chi connectivity index (χ0n) is 12.6. The van der Waals surface area contributed by atoms with Crippen LogP contribution in [0, 0.1) is 0 Å². The molecule has 0 N–H and O–H groups in total. The zero-order chi connectivity index (χ0) is 15.1. The number of esters is 1. The van der Waals surface area contributed by atoms with E-state index in [9.17, 15) is 9.59 Å². The molecule has 0 spiro atoms. The number of benzene rings is 1. The maximum atomic E-state index is 12.3. The van der Waals surface area contributed by atoms with E-state index in [1.165, 1.54) is 0 Å². The number of hydrogen-bond acceptors (Lipinski definition) is 3. The highest BCUT2D eigenvalue weighted by Gasteiger charge is 2.26. The molecule has 1 aromatic rings. The minimum Gasteiger partial charge on any atom is -0.466 e. The van der Waals surface area contributed by atoms with Crippen molar-refractivity contribution in [3.63, 3.8) is 0 Å². The molecular weight excluding hydrogens is 254 g/mol. The Hall–Kier alpha value is -1.84. The van der Waals surface area contributed by atoms with Gasteiger partial charge in [0, 0.05) is 6.04 Å². The standard InChI is InChI=1S/C16H23NO3/c1-5-20-16(19)11-15(18)17(12(2)3)13(4)14-9-7-6-8-10-14/h6-10,12-13H,5,11H2,1-4H3/t13-/m0/s1. The summed E-state index contributed by atoms with van der Waals surface area (Å²) in [6.45, 7) is 7.89. The van der Waals surface area contributed by atoms with Gasteiger partial charge in [-0.15, -0.1) is 0 Å². The summed E-state index contributed by atoms with van der Waals surface area (Å²) in [5.74, 6) is -0.668. The van der Waals surface area contributed by atoms with Crippen LogP contribution in [0.5, 0.6) is 0 Å². The molecule has 0 aromatic heterocycles. The molecule has 0 heterocycles. The van der Waals surface area contributed by atoms with E-state index in [2.05, 4.69) is 0 Å². The predicted octanol–water partition coefficient (Wildman–Crippen LogP) is 2.94. The number of rotatable bonds is 6. The molecule has 4 heteroatoms. The first-order chi connectivity index (χ1) is 9.47. The summed E-state index contributed by atoms with van der Waals surface area (Å²) in [6.07, 6.45) is -0.205. The van der Waals surface area contributed by atoms with E-state index >= 15 is 0 Å². The van der Waals surface area contributed by atoms with Gasteiger partial charge in [-0.2, -0.15) is 0 Å². The Bertz CT molecular complexity index is 442. The molecule has 1 atom stereocenters. The van der Waals surface area contributed by atoms with Crippen molar-refractivity contribution in [3.05, 3.63) is 35.9 Å². The predicted molar refractivity (Wildman–Crippen MR) is 78.1 cm³/mol. The highest BCUT2D eigenvalue weighted by molar-refractivity contribution is 5.94. The van der Waals surface area contributed by atoms with E-state index in [-0.39, 0.29) is 24.4 Å². The summed E-state index contributed by atoms with van der Waals surface area (Å²) in [6, 6.07) is 9.75. The highest BCUT2D eigenvalue weighted by Crippen LogP contribution is 2.23. The highest BCUT2D eigenvalue weighted by atomic mass is 16.5. The molecule has 0 aliphatic heterocycles. The third kappa shape index (κ3) is 4.37. The average Bonchev–Trinajstić information content (AvgIpc) is 2.39. The van der Waals surface area contributed by atoms with Crippen LogP contribution < -0.4 is 0 Å². The Kier molecular flexibility index (Phi) is 6.22. The first-order valence-corrected chi connectivity index (χ1v) is 6.99. The van der Waals surface area contributed by atoms with Gasteiger partial charge in [0.15, 0.2) is 0 Å². The second-order valence-electron chi connectivity index (χ2n) is 4.96. The molecular formula is C16H23NO3. The fourth-order valence-corrected chi connectivity index (χ4v) is 2.27. The first-order valence-electron chi connectivity index (χ1n) is 6.99. The van der Waals surface area contributed by atoms with Gasteiger partial charge in [0.2, 0.25) is 5.91 Å². The van der Waals surface area contributed by atoms with E-state index in [0.29, 0.717) is 6.61 Å². The van der Waals surface area contributed by atoms with E-state index < -0.39 is 5.97 Å². The number of hydrogen-bond donors (Lipinski definition) is 0. The van der Waals surface area contributed by atoms with Crippen LogP contribution in [0.2, 0.25) is 0 Å². The molecule has 0 aliphatic carbocycles. The van der Waals surface area contributed by atoms with Crippen LogP contribution >= 0.6 is 0 Å².